The SMILES string of the molecule is CCCCn1nc(NCc2cnn(CC)c2)cc1C. The third-order valence-corrected chi connectivity index (χ3v) is 3.19. The molecule has 2 heterocycles. The second-order valence-corrected chi connectivity index (χ2v) is 4.81. The van der Waals surface area contributed by atoms with Gasteiger partial charge in [-0.15, -0.1) is 0 Å². The van der Waals surface area contributed by atoms with Crippen LogP contribution in [0, 0.1) is 6.92 Å². The van der Waals surface area contributed by atoms with Crippen LogP contribution in [0.5, 0.6) is 0 Å². The molecule has 0 radical (unpaired) electrons. The van der Waals surface area contributed by atoms with Gasteiger partial charge in [0.1, 0.15) is 5.82 Å². The molecule has 0 unspecified atom stereocenters. The molecule has 2 aromatic rings. The number of nitrogens with zero attached hydrogens (tertiary/aromatic N) is 4. The average molecular weight is 261 g/mol. The van der Waals surface area contributed by atoms with Crippen molar-refractivity contribution in [2.75, 3.05) is 5.32 Å². The summed E-state index contributed by atoms with van der Waals surface area (Å²) in [5.41, 5.74) is 2.39. The van der Waals surface area contributed by atoms with Crippen molar-refractivity contribution in [2.45, 2.75) is 53.2 Å². The van der Waals surface area contributed by atoms with Crippen LogP contribution in [0.2, 0.25) is 0 Å². The Bertz CT molecular complexity index is 512. The van der Waals surface area contributed by atoms with Gasteiger partial charge < -0.3 is 5.32 Å². The molecule has 0 spiro atoms. The molecular weight excluding hydrogens is 238 g/mol. The zero-order valence-electron chi connectivity index (χ0n) is 12.1. The van der Waals surface area contributed by atoms with E-state index < -0.39 is 0 Å². The minimum absolute atomic E-state index is 0.768. The summed E-state index contributed by atoms with van der Waals surface area (Å²) in [7, 11) is 0. The Morgan fingerprint density at radius 2 is 2.16 bits per heavy atom. The maximum absolute atomic E-state index is 4.57. The first-order chi connectivity index (χ1) is 9.22. The first kappa shape index (κ1) is 13.6. The Labute approximate surface area is 114 Å². The zero-order chi connectivity index (χ0) is 13.7. The molecule has 2 rings (SSSR count). The lowest BCUT2D eigenvalue weighted by molar-refractivity contribution is 0.560. The van der Waals surface area contributed by atoms with E-state index >= 15 is 0 Å². The molecule has 0 aliphatic carbocycles. The Hall–Kier alpha value is -1.78. The summed E-state index contributed by atoms with van der Waals surface area (Å²) >= 11 is 0. The molecule has 0 bridgehead atoms. The number of nitrogens with one attached hydrogen (secondary N) is 1. The van der Waals surface area contributed by atoms with E-state index in [4.69, 9.17) is 0 Å². The summed E-state index contributed by atoms with van der Waals surface area (Å²) in [5.74, 6) is 0.942. The van der Waals surface area contributed by atoms with Crippen molar-refractivity contribution >= 4 is 5.82 Å². The summed E-state index contributed by atoms with van der Waals surface area (Å²) in [6.45, 7) is 9.06. The molecule has 0 saturated heterocycles. The number of hydrogen-bond donors (Lipinski definition) is 1. The lowest BCUT2D eigenvalue weighted by Gasteiger charge is -2.02. The molecule has 0 atom stereocenters. The Morgan fingerprint density at radius 3 is 2.84 bits per heavy atom. The second kappa shape index (κ2) is 6.41. The molecule has 1 N–H and O–H groups in total. The fraction of sp³-hybridized carbons (Fsp3) is 0.571. The van der Waals surface area contributed by atoms with Gasteiger partial charge in [-0.25, -0.2) is 0 Å². The van der Waals surface area contributed by atoms with E-state index in [0.29, 0.717) is 0 Å². The average Bonchev–Trinajstić information content (AvgIpc) is 3.00. The molecule has 0 aliphatic heterocycles. The highest BCUT2D eigenvalue weighted by Crippen LogP contribution is 2.11. The highest BCUT2D eigenvalue weighted by atomic mass is 15.3. The molecule has 5 nitrogen and oxygen atoms in total. The van der Waals surface area contributed by atoms with Crippen LogP contribution < -0.4 is 5.32 Å². The molecule has 2 aromatic heterocycles. The monoisotopic (exact) mass is 261 g/mol. The normalized spacial score (nSPS) is 10.9. The lowest BCUT2D eigenvalue weighted by atomic mass is 10.3. The number of unbranched alkanes of at least 4 members (excludes halogenated alkanes) is 1. The highest BCUT2D eigenvalue weighted by Gasteiger charge is 2.04. The van der Waals surface area contributed by atoms with E-state index in [-0.39, 0.29) is 0 Å². The van der Waals surface area contributed by atoms with E-state index in [2.05, 4.69) is 53.2 Å². The van der Waals surface area contributed by atoms with Gasteiger partial charge in [-0.1, -0.05) is 13.3 Å². The predicted octanol–water partition coefficient (Wildman–Crippen LogP) is 2.82. The largest absolute Gasteiger partial charge is 0.364 e. The van der Waals surface area contributed by atoms with Crippen LogP contribution in [-0.4, -0.2) is 19.6 Å². The van der Waals surface area contributed by atoms with Crippen molar-refractivity contribution in [3.8, 4) is 0 Å². The van der Waals surface area contributed by atoms with E-state index in [1.54, 1.807) is 0 Å². The summed E-state index contributed by atoms with van der Waals surface area (Å²) in [5, 5.41) is 12.2. The summed E-state index contributed by atoms with van der Waals surface area (Å²) in [6, 6.07) is 2.10. The quantitative estimate of drug-likeness (QED) is 0.833. The minimum Gasteiger partial charge on any atom is -0.364 e. The van der Waals surface area contributed by atoms with E-state index in [9.17, 15) is 0 Å². The fourth-order valence-corrected chi connectivity index (χ4v) is 1.99. The molecule has 5 heteroatoms. The molecule has 0 aromatic carbocycles. The van der Waals surface area contributed by atoms with Crippen molar-refractivity contribution < 1.29 is 0 Å². The molecule has 0 aliphatic rings. The molecular formula is C14H23N5. The number of rotatable bonds is 7. The lowest BCUT2D eigenvalue weighted by Crippen LogP contribution is -2.04. The van der Waals surface area contributed by atoms with Crippen molar-refractivity contribution in [1.82, 2.24) is 19.6 Å². The van der Waals surface area contributed by atoms with E-state index in [1.807, 2.05) is 10.9 Å². The third kappa shape index (κ3) is 3.59. The van der Waals surface area contributed by atoms with Crippen LogP contribution in [0.4, 0.5) is 5.82 Å². The molecule has 0 amide bonds. The first-order valence-electron chi connectivity index (χ1n) is 7.02. The second-order valence-electron chi connectivity index (χ2n) is 4.81. The van der Waals surface area contributed by atoms with Crippen LogP contribution in [0.15, 0.2) is 18.5 Å². The van der Waals surface area contributed by atoms with E-state index in [1.165, 1.54) is 24.1 Å². The molecule has 0 fully saturated rings. The van der Waals surface area contributed by atoms with Gasteiger partial charge in [-0.2, -0.15) is 10.2 Å². The summed E-state index contributed by atoms with van der Waals surface area (Å²) in [6.07, 6.45) is 6.33. The standard InChI is InChI=1S/C14H23N5/c1-4-6-7-19-12(3)8-14(17-19)15-9-13-10-16-18(5-2)11-13/h8,10-11H,4-7,9H2,1-3H3,(H,15,17). The Kier molecular flexibility index (Phi) is 4.60. The van der Waals surface area contributed by atoms with E-state index in [0.717, 1.165) is 25.5 Å². The number of hydrogen-bond acceptors (Lipinski definition) is 3. The summed E-state index contributed by atoms with van der Waals surface area (Å²) in [4.78, 5) is 0. The fourth-order valence-electron chi connectivity index (χ4n) is 1.99. The zero-order valence-corrected chi connectivity index (χ0v) is 12.1. The molecule has 0 saturated carbocycles. The van der Waals surface area contributed by atoms with Gasteiger partial charge in [-0.3, -0.25) is 9.36 Å². The van der Waals surface area contributed by atoms with Crippen molar-refractivity contribution in [2.24, 2.45) is 0 Å². The predicted molar refractivity (Wildman–Crippen MR) is 77.1 cm³/mol. The van der Waals surface area contributed by atoms with Crippen molar-refractivity contribution in [3.63, 3.8) is 0 Å². The van der Waals surface area contributed by atoms with Crippen molar-refractivity contribution in [3.05, 3.63) is 29.7 Å². The van der Waals surface area contributed by atoms with Gasteiger partial charge in [0, 0.05) is 43.2 Å². The Morgan fingerprint density at radius 1 is 1.32 bits per heavy atom. The van der Waals surface area contributed by atoms with Crippen LogP contribution in [-0.2, 0) is 19.6 Å². The molecule has 104 valence electrons. The van der Waals surface area contributed by atoms with Gasteiger partial charge in [0.15, 0.2) is 0 Å². The van der Waals surface area contributed by atoms with Gasteiger partial charge in [0.25, 0.3) is 0 Å². The van der Waals surface area contributed by atoms with Crippen LogP contribution in [0.25, 0.3) is 0 Å². The minimum atomic E-state index is 0.768. The van der Waals surface area contributed by atoms with Gasteiger partial charge in [0.05, 0.1) is 6.20 Å². The highest BCUT2D eigenvalue weighted by molar-refractivity contribution is 5.36. The maximum atomic E-state index is 4.57. The molecule has 19 heavy (non-hydrogen) atoms. The van der Waals surface area contributed by atoms with Crippen LogP contribution in [0.3, 0.4) is 0 Å². The van der Waals surface area contributed by atoms with Crippen LogP contribution >= 0.6 is 0 Å². The number of aromatic nitrogens is 4. The topological polar surface area (TPSA) is 47.7 Å². The number of anilines is 1. The van der Waals surface area contributed by atoms with Gasteiger partial charge >= 0.3 is 0 Å². The first-order valence-corrected chi connectivity index (χ1v) is 7.02. The van der Waals surface area contributed by atoms with Gasteiger partial charge in [0.2, 0.25) is 0 Å². The summed E-state index contributed by atoms with van der Waals surface area (Å²) < 4.78 is 4.00. The Balaban J connectivity index is 1.92. The number of aryl methyl sites for hydroxylation is 3. The van der Waals surface area contributed by atoms with Crippen molar-refractivity contribution in [1.29, 1.82) is 0 Å². The van der Waals surface area contributed by atoms with Crippen LogP contribution in [0.1, 0.15) is 37.9 Å². The third-order valence-electron chi connectivity index (χ3n) is 3.19. The smallest absolute Gasteiger partial charge is 0.148 e. The maximum Gasteiger partial charge on any atom is 0.148 e. The van der Waals surface area contributed by atoms with Gasteiger partial charge in [-0.05, 0) is 20.3 Å².